The molecule has 1 aromatic carbocycles. The molecule has 0 spiro atoms. The van der Waals surface area contributed by atoms with Crippen molar-refractivity contribution >= 4 is 5.91 Å². The summed E-state index contributed by atoms with van der Waals surface area (Å²) in [5.74, 6) is -0.225. The van der Waals surface area contributed by atoms with Gasteiger partial charge in [-0.15, -0.1) is 0 Å². The van der Waals surface area contributed by atoms with Crippen LogP contribution >= 0.6 is 0 Å². The largest absolute Gasteiger partial charge is 0.490 e. The van der Waals surface area contributed by atoms with E-state index in [0.29, 0.717) is 0 Å². The van der Waals surface area contributed by atoms with Crippen molar-refractivity contribution in [3.05, 3.63) is 30.1 Å². The van der Waals surface area contributed by atoms with E-state index in [1.54, 1.807) is 12.1 Å². The van der Waals surface area contributed by atoms with Crippen LogP contribution in [-0.4, -0.2) is 30.3 Å². The van der Waals surface area contributed by atoms with Gasteiger partial charge in [-0.1, -0.05) is 18.6 Å². The molecule has 1 aliphatic rings. The van der Waals surface area contributed by atoms with Crippen molar-refractivity contribution in [3.8, 4) is 5.75 Å². The maximum atomic E-state index is 13.3. The number of halogens is 1. The lowest BCUT2D eigenvalue weighted by atomic mass is 10.1. The van der Waals surface area contributed by atoms with E-state index in [9.17, 15) is 14.3 Å². The van der Waals surface area contributed by atoms with Crippen LogP contribution in [0, 0.1) is 11.7 Å². The van der Waals surface area contributed by atoms with Crippen molar-refractivity contribution in [2.24, 2.45) is 5.92 Å². The number of amides is 1. The number of aliphatic hydroxyl groups excluding tert-OH is 1. The van der Waals surface area contributed by atoms with Crippen molar-refractivity contribution in [3.63, 3.8) is 0 Å². The lowest BCUT2D eigenvalue weighted by Gasteiger charge is -2.19. The van der Waals surface area contributed by atoms with Gasteiger partial charge in [-0.25, -0.2) is 4.39 Å². The summed E-state index contributed by atoms with van der Waals surface area (Å²) in [5, 5.41) is 12.1. The number of carbonyl (C=O) groups is 1. The molecule has 1 aromatic rings. The Kier molecular flexibility index (Phi) is 5.35. The van der Waals surface area contributed by atoms with Crippen LogP contribution < -0.4 is 10.1 Å². The number of hydrogen-bond donors (Lipinski definition) is 2. The number of aliphatic hydroxyl groups is 1. The zero-order chi connectivity index (χ0) is 14.4. The zero-order valence-electron chi connectivity index (χ0n) is 11.3. The smallest absolute Gasteiger partial charge is 0.223 e. The highest BCUT2D eigenvalue weighted by Crippen LogP contribution is 2.25. The summed E-state index contributed by atoms with van der Waals surface area (Å²) in [7, 11) is 0. The average molecular weight is 281 g/mol. The van der Waals surface area contributed by atoms with Gasteiger partial charge in [0.25, 0.3) is 0 Å². The van der Waals surface area contributed by atoms with E-state index in [1.807, 2.05) is 0 Å². The normalized spacial score (nSPS) is 21.7. The van der Waals surface area contributed by atoms with Gasteiger partial charge < -0.3 is 15.2 Å². The van der Waals surface area contributed by atoms with E-state index in [-0.39, 0.29) is 43.3 Å². The molecule has 110 valence electrons. The van der Waals surface area contributed by atoms with Gasteiger partial charge in [-0.2, -0.15) is 0 Å². The number of nitrogens with one attached hydrogen (secondary N) is 1. The predicted octanol–water partition coefficient (Wildman–Crippen LogP) is 1.87. The lowest BCUT2D eigenvalue weighted by molar-refractivity contribution is -0.122. The van der Waals surface area contributed by atoms with Gasteiger partial charge in [0.05, 0.1) is 13.0 Å². The van der Waals surface area contributed by atoms with E-state index in [4.69, 9.17) is 4.74 Å². The quantitative estimate of drug-likeness (QED) is 0.837. The number of para-hydroxylation sites is 1. The van der Waals surface area contributed by atoms with Gasteiger partial charge in [0, 0.05) is 18.6 Å². The molecule has 1 fully saturated rings. The van der Waals surface area contributed by atoms with Crippen LogP contribution in [0.3, 0.4) is 0 Å². The monoisotopic (exact) mass is 281 g/mol. The summed E-state index contributed by atoms with van der Waals surface area (Å²) < 4.78 is 18.5. The van der Waals surface area contributed by atoms with Crippen LogP contribution in [0.2, 0.25) is 0 Å². The van der Waals surface area contributed by atoms with E-state index in [2.05, 4.69) is 5.32 Å². The Morgan fingerprint density at radius 1 is 1.40 bits per heavy atom. The summed E-state index contributed by atoms with van der Waals surface area (Å²) in [4.78, 5) is 11.8. The highest BCUT2D eigenvalue weighted by molar-refractivity contribution is 5.76. The maximum absolute atomic E-state index is 13.3. The van der Waals surface area contributed by atoms with Gasteiger partial charge in [0.2, 0.25) is 5.91 Å². The average Bonchev–Trinajstić information content (AvgIpc) is 2.88. The molecule has 0 saturated heterocycles. The first-order valence-electron chi connectivity index (χ1n) is 6.98. The molecule has 4 nitrogen and oxygen atoms in total. The van der Waals surface area contributed by atoms with Gasteiger partial charge in [0.15, 0.2) is 11.6 Å². The van der Waals surface area contributed by atoms with Crippen molar-refractivity contribution < 1.29 is 19.0 Å². The predicted molar refractivity (Wildman–Crippen MR) is 72.9 cm³/mol. The van der Waals surface area contributed by atoms with Crippen LogP contribution in [-0.2, 0) is 4.79 Å². The minimum Gasteiger partial charge on any atom is -0.490 e. The van der Waals surface area contributed by atoms with Gasteiger partial charge in [-0.05, 0) is 25.0 Å². The molecular weight excluding hydrogens is 261 g/mol. The number of rotatable bonds is 6. The molecule has 5 heteroatoms. The van der Waals surface area contributed by atoms with Crippen LogP contribution in [0.25, 0.3) is 0 Å². The SMILES string of the molecule is O=C(CCOc1ccccc1F)NC1CCCC1CO. The molecule has 1 aliphatic carbocycles. The maximum Gasteiger partial charge on any atom is 0.223 e. The molecule has 2 rings (SSSR count). The summed E-state index contributed by atoms with van der Waals surface area (Å²) in [6.45, 7) is 0.250. The molecule has 1 amide bonds. The van der Waals surface area contributed by atoms with Gasteiger partial charge in [-0.3, -0.25) is 4.79 Å². The molecular formula is C15H20FNO3. The molecule has 0 bridgehead atoms. The second-order valence-corrected chi connectivity index (χ2v) is 5.08. The topological polar surface area (TPSA) is 58.6 Å². The third kappa shape index (κ3) is 3.93. The second kappa shape index (κ2) is 7.24. The third-order valence-corrected chi connectivity index (χ3v) is 3.66. The molecule has 0 radical (unpaired) electrons. The van der Waals surface area contributed by atoms with Crippen molar-refractivity contribution in [2.45, 2.75) is 31.7 Å². The van der Waals surface area contributed by atoms with E-state index < -0.39 is 5.82 Å². The minimum absolute atomic E-state index is 0.0564. The summed E-state index contributed by atoms with van der Waals surface area (Å²) >= 11 is 0. The Balaban J connectivity index is 1.72. The van der Waals surface area contributed by atoms with Crippen LogP contribution in [0.15, 0.2) is 24.3 Å². The number of hydrogen-bond acceptors (Lipinski definition) is 3. The van der Waals surface area contributed by atoms with Crippen molar-refractivity contribution in [1.82, 2.24) is 5.32 Å². The lowest BCUT2D eigenvalue weighted by Crippen LogP contribution is -2.39. The molecule has 20 heavy (non-hydrogen) atoms. The first-order valence-corrected chi connectivity index (χ1v) is 6.98. The number of benzene rings is 1. The first kappa shape index (κ1) is 14.8. The molecule has 2 atom stereocenters. The molecule has 2 N–H and O–H groups in total. The Hall–Kier alpha value is -1.62. The van der Waals surface area contributed by atoms with E-state index in [1.165, 1.54) is 12.1 Å². The summed E-state index contributed by atoms with van der Waals surface area (Å²) in [5.41, 5.74) is 0. The second-order valence-electron chi connectivity index (χ2n) is 5.08. The molecule has 0 aliphatic heterocycles. The Morgan fingerprint density at radius 3 is 2.95 bits per heavy atom. The fourth-order valence-electron chi connectivity index (χ4n) is 2.54. The fraction of sp³-hybridized carbons (Fsp3) is 0.533. The summed E-state index contributed by atoms with van der Waals surface area (Å²) in [6.07, 6.45) is 3.07. The highest BCUT2D eigenvalue weighted by atomic mass is 19.1. The van der Waals surface area contributed by atoms with Gasteiger partial charge >= 0.3 is 0 Å². The van der Waals surface area contributed by atoms with Crippen LogP contribution in [0.4, 0.5) is 4.39 Å². The highest BCUT2D eigenvalue weighted by Gasteiger charge is 2.27. The van der Waals surface area contributed by atoms with Gasteiger partial charge in [0.1, 0.15) is 0 Å². The van der Waals surface area contributed by atoms with Crippen molar-refractivity contribution in [1.29, 1.82) is 0 Å². The molecule has 0 heterocycles. The van der Waals surface area contributed by atoms with E-state index >= 15 is 0 Å². The molecule has 0 aromatic heterocycles. The molecule has 2 unspecified atom stereocenters. The Labute approximate surface area is 117 Å². The van der Waals surface area contributed by atoms with Crippen LogP contribution in [0.5, 0.6) is 5.75 Å². The first-order chi connectivity index (χ1) is 9.70. The standard InChI is InChI=1S/C15H20FNO3/c16-12-5-1-2-7-14(12)20-9-8-15(19)17-13-6-3-4-11(13)10-18/h1-2,5,7,11,13,18H,3-4,6,8-10H2,(H,17,19). The number of carbonyl (C=O) groups excluding carboxylic acids is 1. The third-order valence-electron chi connectivity index (χ3n) is 3.66. The molecule has 1 saturated carbocycles. The minimum atomic E-state index is -0.427. The Bertz CT molecular complexity index is 452. The van der Waals surface area contributed by atoms with Crippen molar-refractivity contribution in [2.75, 3.05) is 13.2 Å². The zero-order valence-corrected chi connectivity index (χ0v) is 11.3. The van der Waals surface area contributed by atoms with Crippen LogP contribution in [0.1, 0.15) is 25.7 Å². The summed E-state index contributed by atoms with van der Waals surface area (Å²) in [6, 6.07) is 6.18. The fourth-order valence-corrected chi connectivity index (χ4v) is 2.54. The Morgan fingerprint density at radius 2 is 2.20 bits per heavy atom. The number of ether oxygens (including phenoxy) is 1. The van der Waals surface area contributed by atoms with E-state index in [0.717, 1.165) is 19.3 Å².